The number of nitrogens with zero attached hydrogens (tertiary/aromatic N) is 4. The van der Waals surface area contributed by atoms with Crippen LogP contribution < -0.4 is 10.9 Å². The van der Waals surface area contributed by atoms with E-state index in [2.05, 4.69) is 20.5 Å². The van der Waals surface area contributed by atoms with Crippen LogP contribution in [0.25, 0.3) is 16.9 Å². The minimum Gasteiger partial charge on any atom is -0.356 e. The first-order valence-corrected chi connectivity index (χ1v) is 10.2. The van der Waals surface area contributed by atoms with E-state index >= 15 is 0 Å². The molecule has 0 radical (unpaired) electrons. The van der Waals surface area contributed by atoms with E-state index in [4.69, 9.17) is 0 Å². The lowest BCUT2D eigenvalue weighted by Crippen LogP contribution is -2.28. The lowest BCUT2D eigenvalue weighted by Gasteiger charge is -2.04. The van der Waals surface area contributed by atoms with Gasteiger partial charge in [0.2, 0.25) is 5.91 Å². The van der Waals surface area contributed by atoms with Crippen molar-refractivity contribution in [1.29, 1.82) is 0 Å². The molecule has 0 aliphatic heterocycles. The second-order valence-corrected chi connectivity index (χ2v) is 7.42. The predicted octanol–water partition coefficient (Wildman–Crippen LogP) is 2.50. The van der Waals surface area contributed by atoms with Gasteiger partial charge in [-0.2, -0.15) is 0 Å². The van der Waals surface area contributed by atoms with E-state index in [0.717, 1.165) is 16.3 Å². The average Bonchev–Trinajstić information content (AvgIpc) is 3.23. The molecule has 0 fully saturated rings. The topological polar surface area (TPSA) is 89.3 Å². The summed E-state index contributed by atoms with van der Waals surface area (Å²) < 4.78 is 1.44. The van der Waals surface area contributed by atoms with Crippen molar-refractivity contribution in [2.24, 2.45) is 0 Å². The molecule has 0 bridgehead atoms. The fraction of sp³-hybridized carbons (Fsp3) is 0.190. The number of carbonyl (C=O) groups excluding carboxylic acids is 1. The molecule has 1 aromatic carbocycles. The molecule has 0 atom stereocenters. The first kappa shape index (κ1) is 18.9. The molecular formula is C21H19N5O2S. The molecule has 0 aliphatic rings. The molecule has 1 amide bonds. The highest BCUT2D eigenvalue weighted by Gasteiger charge is 2.10. The Kier molecular flexibility index (Phi) is 5.71. The summed E-state index contributed by atoms with van der Waals surface area (Å²) in [6.07, 6.45) is 2.76. The zero-order valence-corrected chi connectivity index (χ0v) is 16.4. The lowest BCUT2D eigenvalue weighted by atomic mass is 10.2. The molecule has 8 heteroatoms. The third kappa shape index (κ3) is 4.55. The molecule has 3 heterocycles. The lowest BCUT2D eigenvalue weighted by molar-refractivity contribution is -0.121. The second kappa shape index (κ2) is 8.74. The Morgan fingerprint density at radius 3 is 2.72 bits per heavy atom. The number of nitrogens with one attached hydrogen (secondary N) is 1. The number of benzene rings is 1. The Balaban J connectivity index is 1.27. The van der Waals surface area contributed by atoms with Crippen LogP contribution in [0.3, 0.4) is 0 Å². The number of hydrogen-bond acceptors (Lipinski definition) is 6. The van der Waals surface area contributed by atoms with Crippen LogP contribution in [0.1, 0.15) is 17.1 Å². The van der Waals surface area contributed by atoms with Gasteiger partial charge in [-0.15, -0.1) is 21.5 Å². The number of aromatic nitrogens is 4. The summed E-state index contributed by atoms with van der Waals surface area (Å²) in [7, 11) is 0. The molecule has 7 nitrogen and oxygen atoms in total. The van der Waals surface area contributed by atoms with E-state index in [1.54, 1.807) is 35.7 Å². The zero-order valence-electron chi connectivity index (χ0n) is 15.6. The molecule has 1 N–H and O–H groups in total. The number of fused-ring (bicyclic) bond motifs is 1. The highest BCUT2D eigenvalue weighted by Crippen LogP contribution is 2.21. The monoisotopic (exact) mass is 405 g/mol. The highest BCUT2D eigenvalue weighted by atomic mass is 32.1. The van der Waals surface area contributed by atoms with Crippen molar-refractivity contribution in [3.8, 4) is 11.3 Å². The molecule has 0 spiro atoms. The smallest absolute Gasteiger partial charge is 0.279 e. The SMILES string of the molecule is O=C(CCc1nnc2ccccn2c1=O)NCCc1nc(-c2ccccc2)cs1. The Labute approximate surface area is 171 Å². The molecule has 29 heavy (non-hydrogen) atoms. The quantitative estimate of drug-likeness (QED) is 0.510. The van der Waals surface area contributed by atoms with Gasteiger partial charge >= 0.3 is 0 Å². The zero-order chi connectivity index (χ0) is 20.1. The molecule has 146 valence electrons. The fourth-order valence-electron chi connectivity index (χ4n) is 2.93. The standard InChI is InChI=1S/C21H19N5O2S/c27-19(10-9-16-21(28)26-13-5-4-8-18(26)25-24-16)22-12-11-20-23-17(14-29-20)15-6-2-1-3-7-15/h1-8,13-14H,9-12H2,(H,22,27). The number of hydrogen-bond donors (Lipinski definition) is 1. The van der Waals surface area contributed by atoms with Crippen molar-refractivity contribution >= 4 is 22.9 Å². The number of rotatable bonds is 7. The maximum atomic E-state index is 12.4. The van der Waals surface area contributed by atoms with Gasteiger partial charge in [0.25, 0.3) is 5.56 Å². The Morgan fingerprint density at radius 1 is 1.03 bits per heavy atom. The van der Waals surface area contributed by atoms with Crippen LogP contribution in [0.5, 0.6) is 0 Å². The van der Waals surface area contributed by atoms with Crippen molar-refractivity contribution in [2.75, 3.05) is 6.54 Å². The number of carbonyl (C=O) groups is 1. The van der Waals surface area contributed by atoms with Crippen LogP contribution in [0.4, 0.5) is 0 Å². The Morgan fingerprint density at radius 2 is 1.86 bits per heavy atom. The van der Waals surface area contributed by atoms with Crippen LogP contribution in [0, 0.1) is 0 Å². The van der Waals surface area contributed by atoms with Crippen LogP contribution in [0.2, 0.25) is 0 Å². The van der Waals surface area contributed by atoms with Gasteiger partial charge in [-0.25, -0.2) is 4.98 Å². The van der Waals surface area contributed by atoms with Crippen LogP contribution in [-0.2, 0) is 17.6 Å². The fourth-order valence-corrected chi connectivity index (χ4v) is 3.74. The summed E-state index contributed by atoms with van der Waals surface area (Å²) in [4.78, 5) is 29.1. The maximum Gasteiger partial charge on any atom is 0.279 e. The van der Waals surface area contributed by atoms with Gasteiger partial charge in [-0.1, -0.05) is 36.4 Å². The first-order valence-electron chi connectivity index (χ1n) is 9.30. The highest BCUT2D eigenvalue weighted by molar-refractivity contribution is 7.09. The summed E-state index contributed by atoms with van der Waals surface area (Å²) in [5, 5.41) is 13.9. The van der Waals surface area contributed by atoms with Crippen molar-refractivity contribution in [3.63, 3.8) is 0 Å². The Hall–Kier alpha value is -3.39. The van der Waals surface area contributed by atoms with Crippen molar-refractivity contribution in [2.45, 2.75) is 19.3 Å². The molecule has 0 aliphatic carbocycles. The molecular weight excluding hydrogens is 386 g/mol. The first-order chi connectivity index (χ1) is 14.2. The van der Waals surface area contributed by atoms with Crippen molar-refractivity contribution in [3.05, 3.63) is 81.2 Å². The summed E-state index contributed by atoms with van der Waals surface area (Å²) in [5.74, 6) is -0.121. The average molecular weight is 405 g/mol. The number of thiazole rings is 1. The van der Waals surface area contributed by atoms with Crippen LogP contribution in [-0.4, -0.2) is 32.0 Å². The largest absolute Gasteiger partial charge is 0.356 e. The summed E-state index contributed by atoms with van der Waals surface area (Å²) in [6.45, 7) is 0.503. The Bertz CT molecular complexity index is 1190. The van der Waals surface area contributed by atoms with Gasteiger partial charge in [0.1, 0.15) is 5.69 Å². The molecule has 4 rings (SSSR count). The van der Waals surface area contributed by atoms with Crippen LogP contribution in [0.15, 0.2) is 64.9 Å². The third-order valence-corrected chi connectivity index (χ3v) is 5.36. The minimum atomic E-state index is -0.236. The molecule has 3 aromatic heterocycles. The van der Waals surface area contributed by atoms with E-state index in [9.17, 15) is 9.59 Å². The van der Waals surface area contributed by atoms with Crippen molar-refractivity contribution < 1.29 is 4.79 Å². The predicted molar refractivity (Wildman–Crippen MR) is 112 cm³/mol. The van der Waals surface area contributed by atoms with Gasteiger partial charge in [0, 0.05) is 42.9 Å². The number of amides is 1. The van der Waals surface area contributed by atoms with E-state index < -0.39 is 0 Å². The van der Waals surface area contributed by atoms with Gasteiger partial charge in [0.15, 0.2) is 5.65 Å². The molecule has 0 unspecified atom stereocenters. The van der Waals surface area contributed by atoms with E-state index in [1.165, 1.54) is 4.40 Å². The minimum absolute atomic E-state index is 0.121. The summed E-state index contributed by atoms with van der Waals surface area (Å²) in [5.41, 5.74) is 2.58. The molecule has 0 saturated heterocycles. The van der Waals surface area contributed by atoms with E-state index in [0.29, 0.717) is 18.6 Å². The second-order valence-electron chi connectivity index (χ2n) is 6.47. The van der Waals surface area contributed by atoms with Gasteiger partial charge in [0.05, 0.1) is 10.7 Å². The van der Waals surface area contributed by atoms with Crippen molar-refractivity contribution in [1.82, 2.24) is 24.9 Å². The maximum absolute atomic E-state index is 12.4. The third-order valence-electron chi connectivity index (χ3n) is 4.45. The van der Waals surface area contributed by atoms with E-state index in [-0.39, 0.29) is 30.0 Å². The normalized spacial score (nSPS) is 10.9. The summed E-state index contributed by atoms with van der Waals surface area (Å²) >= 11 is 1.58. The molecule has 4 aromatic rings. The van der Waals surface area contributed by atoms with Gasteiger partial charge in [-0.05, 0) is 12.1 Å². The number of pyridine rings is 1. The van der Waals surface area contributed by atoms with Gasteiger partial charge in [-0.3, -0.25) is 14.0 Å². The van der Waals surface area contributed by atoms with Gasteiger partial charge < -0.3 is 5.32 Å². The number of aryl methyl sites for hydroxylation is 1. The van der Waals surface area contributed by atoms with E-state index in [1.807, 2.05) is 35.7 Å². The summed E-state index contributed by atoms with van der Waals surface area (Å²) in [6, 6.07) is 15.3. The molecule has 0 saturated carbocycles. The van der Waals surface area contributed by atoms with Crippen LogP contribution >= 0.6 is 11.3 Å².